The summed E-state index contributed by atoms with van der Waals surface area (Å²) in [6.45, 7) is 3.78. The average Bonchev–Trinajstić information content (AvgIpc) is 3.65. The Morgan fingerprint density at radius 3 is 2.52 bits per heavy atom. The number of nitrogens with zero attached hydrogens (tertiary/aromatic N) is 2. The zero-order chi connectivity index (χ0) is 29.6. The predicted molar refractivity (Wildman–Crippen MR) is 159 cm³/mol. The van der Waals surface area contributed by atoms with E-state index in [4.69, 9.17) is 10.5 Å². The zero-order valence-corrected chi connectivity index (χ0v) is 24.2. The van der Waals surface area contributed by atoms with Gasteiger partial charge in [-0.15, -0.1) is 0 Å². The summed E-state index contributed by atoms with van der Waals surface area (Å²) in [6.07, 6.45) is 4.08. The van der Waals surface area contributed by atoms with Gasteiger partial charge >= 0.3 is 5.97 Å². The van der Waals surface area contributed by atoms with Gasteiger partial charge in [-0.25, -0.2) is 4.79 Å². The first-order chi connectivity index (χ1) is 20.2. The molecule has 9 heteroatoms. The summed E-state index contributed by atoms with van der Waals surface area (Å²) in [4.78, 5) is 42.1. The van der Waals surface area contributed by atoms with Crippen molar-refractivity contribution in [2.45, 2.75) is 76.1 Å². The Hall–Kier alpha value is -3.72. The van der Waals surface area contributed by atoms with Gasteiger partial charge in [0.05, 0.1) is 12.2 Å². The van der Waals surface area contributed by atoms with Crippen LogP contribution in [0.15, 0.2) is 54.6 Å². The third-order valence-electron chi connectivity index (χ3n) is 9.51. The van der Waals surface area contributed by atoms with Gasteiger partial charge in [-0.2, -0.15) is 0 Å². The number of amides is 2. The van der Waals surface area contributed by atoms with Gasteiger partial charge in [-0.1, -0.05) is 30.3 Å². The molecule has 42 heavy (non-hydrogen) atoms. The Labute approximate surface area is 245 Å². The number of nitrogens with two attached hydrogens (primary N) is 1. The molecule has 8 nitrogen and oxygen atoms in total. The second-order valence-electron chi connectivity index (χ2n) is 12.5. The fraction of sp³-hybridized carbons (Fsp3) is 0.485. The minimum absolute atomic E-state index is 0.0196. The highest BCUT2D eigenvalue weighted by Gasteiger charge is 2.45. The molecular weight excluding hydrogens is 535 g/mol. The normalized spacial score (nSPS) is 25.7. The van der Waals surface area contributed by atoms with Crippen LogP contribution in [0.4, 0.5) is 10.1 Å². The van der Waals surface area contributed by atoms with Gasteiger partial charge in [0.15, 0.2) is 5.72 Å². The van der Waals surface area contributed by atoms with Crippen molar-refractivity contribution < 1.29 is 23.5 Å². The SMILES string of the molecule is CC1(C)OC(=O)c2cc3cc(NC(=O)[C@@H]4[C@@H](c5ccccc5)CCN4C(=O)[C@H]4CC[C@H]([C@H](N)CCF)CC4)ccc3n21. The number of hydrogen-bond donors (Lipinski definition) is 2. The molecule has 1 aromatic heterocycles. The number of benzene rings is 2. The summed E-state index contributed by atoms with van der Waals surface area (Å²) in [5, 5.41) is 3.91. The minimum Gasteiger partial charge on any atom is -0.434 e. The number of esters is 1. The molecule has 0 spiro atoms. The van der Waals surface area contributed by atoms with E-state index in [0.29, 0.717) is 43.6 Å². The Morgan fingerprint density at radius 1 is 1.07 bits per heavy atom. The smallest absolute Gasteiger partial charge is 0.357 e. The van der Waals surface area contributed by atoms with E-state index in [9.17, 15) is 18.8 Å². The van der Waals surface area contributed by atoms with Crippen molar-refractivity contribution in [2.75, 3.05) is 18.5 Å². The van der Waals surface area contributed by atoms with Crippen molar-refractivity contribution in [3.63, 3.8) is 0 Å². The van der Waals surface area contributed by atoms with Crippen molar-refractivity contribution in [1.82, 2.24) is 9.47 Å². The molecule has 6 rings (SSSR count). The topological polar surface area (TPSA) is 107 Å². The molecular formula is C33H39FN4O4. The minimum atomic E-state index is -0.788. The van der Waals surface area contributed by atoms with Gasteiger partial charge in [0.1, 0.15) is 11.7 Å². The fourth-order valence-corrected chi connectivity index (χ4v) is 7.37. The number of fused-ring (bicyclic) bond motifs is 3. The van der Waals surface area contributed by atoms with Gasteiger partial charge in [0.2, 0.25) is 11.8 Å². The molecule has 3 aromatic rings. The third-order valence-corrected chi connectivity index (χ3v) is 9.51. The van der Waals surface area contributed by atoms with Gasteiger partial charge in [0.25, 0.3) is 0 Å². The van der Waals surface area contributed by atoms with Crippen LogP contribution < -0.4 is 11.1 Å². The summed E-state index contributed by atoms with van der Waals surface area (Å²) in [7, 11) is 0. The molecule has 3 atom stereocenters. The van der Waals surface area contributed by atoms with Crippen LogP contribution in [0.3, 0.4) is 0 Å². The lowest BCUT2D eigenvalue weighted by Crippen LogP contribution is -2.48. The first-order valence-corrected chi connectivity index (χ1v) is 15.0. The van der Waals surface area contributed by atoms with Gasteiger partial charge in [0, 0.05) is 35.5 Å². The van der Waals surface area contributed by atoms with E-state index in [1.807, 2.05) is 66.9 Å². The molecule has 2 fully saturated rings. The van der Waals surface area contributed by atoms with E-state index in [1.54, 1.807) is 11.0 Å². The molecule has 1 saturated carbocycles. The van der Waals surface area contributed by atoms with Crippen molar-refractivity contribution in [3.05, 3.63) is 65.9 Å². The maximum Gasteiger partial charge on any atom is 0.357 e. The highest BCUT2D eigenvalue weighted by molar-refractivity contribution is 6.02. The predicted octanol–water partition coefficient (Wildman–Crippen LogP) is 5.32. The van der Waals surface area contributed by atoms with Crippen LogP contribution in [0.25, 0.3) is 10.9 Å². The maximum absolute atomic E-state index is 14.0. The fourth-order valence-electron chi connectivity index (χ4n) is 7.37. The van der Waals surface area contributed by atoms with Crippen LogP contribution in [0.1, 0.15) is 74.3 Å². The molecule has 3 N–H and O–H groups in total. The average molecular weight is 575 g/mol. The molecule has 3 aliphatic rings. The number of anilines is 1. The molecule has 1 aliphatic carbocycles. The van der Waals surface area contributed by atoms with Crippen LogP contribution in [-0.2, 0) is 20.1 Å². The summed E-state index contributed by atoms with van der Waals surface area (Å²) >= 11 is 0. The lowest BCUT2D eigenvalue weighted by atomic mass is 9.77. The molecule has 2 amide bonds. The Kier molecular flexibility index (Phi) is 7.55. The first-order valence-electron chi connectivity index (χ1n) is 15.0. The van der Waals surface area contributed by atoms with Crippen molar-refractivity contribution in [3.8, 4) is 0 Å². The van der Waals surface area contributed by atoms with Crippen molar-refractivity contribution in [2.24, 2.45) is 17.6 Å². The van der Waals surface area contributed by atoms with Gasteiger partial charge < -0.3 is 20.7 Å². The molecule has 2 aliphatic heterocycles. The highest BCUT2D eigenvalue weighted by atomic mass is 19.1. The van der Waals surface area contributed by atoms with Crippen LogP contribution in [0.2, 0.25) is 0 Å². The number of hydrogen-bond acceptors (Lipinski definition) is 5. The number of likely N-dealkylation sites (tertiary alicyclic amines) is 1. The Morgan fingerprint density at radius 2 is 1.81 bits per heavy atom. The van der Waals surface area contributed by atoms with E-state index < -0.39 is 18.4 Å². The number of rotatable bonds is 7. The van der Waals surface area contributed by atoms with Crippen molar-refractivity contribution in [1.29, 1.82) is 0 Å². The van der Waals surface area contributed by atoms with E-state index in [-0.39, 0.29) is 41.6 Å². The first kappa shape index (κ1) is 28.4. The second kappa shape index (κ2) is 11.2. The number of ether oxygens (including phenoxy) is 1. The summed E-state index contributed by atoms with van der Waals surface area (Å²) in [6, 6.07) is 16.5. The standard InChI is InChI=1S/C33H39FN4O4/c1-33(2)38-27-13-12-24(18-23(27)19-28(38)32(41)42-33)36-30(39)29-25(20-6-4-3-5-7-20)15-17-37(29)31(40)22-10-8-21(9-11-22)26(35)14-16-34/h3-7,12-13,18-19,21-22,25-26,29H,8-11,14-17,35H2,1-2H3,(H,36,39)/t21-,22-,25-,26-,29+/m1/s1. The number of carbonyl (C=O) groups excluding carboxylic acids is 3. The monoisotopic (exact) mass is 574 g/mol. The highest BCUT2D eigenvalue weighted by Crippen LogP contribution is 2.39. The summed E-state index contributed by atoms with van der Waals surface area (Å²) in [5.41, 5.74) is 8.37. The van der Waals surface area contributed by atoms with Crippen LogP contribution >= 0.6 is 0 Å². The summed E-state index contributed by atoms with van der Waals surface area (Å²) in [5.74, 6) is -0.622. The van der Waals surface area contributed by atoms with E-state index in [2.05, 4.69) is 5.32 Å². The van der Waals surface area contributed by atoms with Crippen LogP contribution in [0, 0.1) is 11.8 Å². The summed E-state index contributed by atoms with van der Waals surface area (Å²) < 4.78 is 20.2. The van der Waals surface area contributed by atoms with Crippen molar-refractivity contribution >= 4 is 34.4 Å². The molecule has 222 valence electrons. The van der Waals surface area contributed by atoms with Crippen LogP contribution in [-0.4, -0.2) is 52.6 Å². The second-order valence-corrected chi connectivity index (χ2v) is 12.5. The molecule has 1 saturated heterocycles. The number of nitrogens with one attached hydrogen (secondary N) is 1. The van der Waals surface area contributed by atoms with E-state index in [0.717, 1.165) is 29.3 Å². The number of alkyl halides is 1. The van der Waals surface area contributed by atoms with E-state index >= 15 is 0 Å². The lowest BCUT2D eigenvalue weighted by molar-refractivity contribution is -0.141. The Balaban J connectivity index is 1.23. The molecule has 0 bridgehead atoms. The zero-order valence-electron chi connectivity index (χ0n) is 24.2. The number of aromatic nitrogens is 1. The van der Waals surface area contributed by atoms with Gasteiger partial charge in [-0.05, 0) is 88.1 Å². The molecule has 0 unspecified atom stereocenters. The molecule has 2 aromatic carbocycles. The van der Waals surface area contributed by atoms with E-state index in [1.165, 1.54) is 0 Å². The number of halogens is 1. The maximum atomic E-state index is 14.0. The number of cyclic esters (lactones) is 1. The largest absolute Gasteiger partial charge is 0.434 e. The third kappa shape index (κ3) is 5.08. The Bertz CT molecular complexity index is 1490. The van der Waals surface area contributed by atoms with Crippen LogP contribution in [0.5, 0.6) is 0 Å². The molecule has 0 radical (unpaired) electrons. The molecule has 3 heterocycles. The number of carbonyl (C=O) groups is 3. The quantitative estimate of drug-likeness (QED) is 0.372. The lowest BCUT2D eigenvalue weighted by Gasteiger charge is -2.35. The van der Waals surface area contributed by atoms with Gasteiger partial charge in [-0.3, -0.25) is 18.5 Å².